The minimum Gasteiger partial charge on any atom is -0.123 e. The van der Waals surface area contributed by atoms with Crippen molar-refractivity contribution < 1.29 is 0 Å². The molecule has 1 aliphatic carbocycles. The normalized spacial score (nSPS) is 32.3. The summed E-state index contributed by atoms with van der Waals surface area (Å²) in [5, 5.41) is 0.273. The first-order chi connectivity index (χ1) is 6.00. The quantitative estimate of drug-likeness (QED) is 0.544. The highest BCUT2D eigenvalue weighted by atomic mass is 35.6. The first-order valence-corrected chi connectivity index (χ1v) is 6.28. The fraction of sp³-hybridized carbons (Fsp3) is 1.00. The third-order valence-electron chi connectivity index (χ3n) is 2.61. The number of hydrogen-bond acceptors (Lipinski definition) is 0. The van der Waals surface area contributed by atoms with E-state index in [0.717, 1.165) is 38.5 Å². The molecule has 0 unspecified atom stereocenters. The molecule has 0 aromatic carbocycles. The lowest BCUT2D eigenvalue weighted by atomic mass is 9.92. The van der Waals surface area contributed by atoms with Gasteiger partial charge >= 0.3 is 0 Å². The summed E-state index contributed by atoms with van der Waals surface area (Å²) in [4.78, 5) is 0. The molecule has 0 spiro atoms. The second-order valence-corrected chi connectivity index (χ2v) is 6.68. The van der Waals surface area contributed by atoms with Crippen LogP contribution in [-0.2, 0) is 0 Å². The van der Waals surface area contributed by atoms with Crippen LogP contribution in [0.15, 0.2) is 0 Å². The van der Waals surface area contributed by atoms with E-state index in [1.165, 1.54) is 0 Å². The highest BCUT2D eigenvalue weighted by molar-refractivity contribution is 6.67. The first kappa shape index (κ1) is 12.2. The predicted octanol–water partition coefficient (Wildman–Crippen LogP) is 4.93. The van der Waals surface area contributed by atoms with E-state index in [0.29, 0.717) is 0 Å². The number of alkyl halides is 4. The summed E-state index contributed by atoms with van der Waals surface area (Å²) in [6, 6.07) is 0. The highest BCUT2D eigenvalue weighted by Crippen LogP contribution is 2.42. The van der Waals surface area contributed by atoms with Crippen molar-refractivity contribution in [1.82, 2.24) is 0 Å². The van der Waals surface area contributed by atoms with E-state index in [4.69, 9.17) is 46.4 Å². The van der Waals surface area contributed by atoms with Crippen LogP contribution in [0.4, 0.5) is 0 Å². The zero-order chi connectivity index (χ0) is 9.90. The van der Waals surface area contributed by atoms with Crippen LogP contribution in [0.5, 0.6) is 0 Å². The van der Waals surface area contributed by atoms with Crippen molar-refractivity contribution in [3.63, 3.8) is 0 Å². The third kappa shape index (κ3) is 4.46. The van der Waals surface area contributed by atoms with Gasteiger partial charge in [0.1, 0.15) is 0 Å². The second kappa shape index (κ2) is 5.30. The summed E-state index contributed by atoms with van der Waals surface area (Å²) in [6.45, 7) is 0. The zero-order valence-electron chi connectivity index (χ0n) is 7.41. The molecular weight excluding hydrogens is 250 g/mol. The molecule has 1 saturated carbocycles. The van der Waals surface area contributed by atoms with Gasteiger partial charge in [-0.3, -0.25) is 0 Å². The highest BCUT2D eigenvalue weighted by Gasteiger charge is 2.32. The van der Waals surface area contributed by atoms with Crippen molar-refractivity contribution in [3.05, 3.63) is 0 Å². The van der Waals surface area contributed by atoms with E-state index in [-0.39, 0.29) is 11.3 Å². The van der Waals surface area contributed by atoms with Crippen LogP contribution >= 0.6 is 46.4 Å². The maximum atomic E-state index is 6.08. The van der Waals surface area contributed by atoms with E-state index in [1.54, 1.807) is 0 Å². The topological polar surface area (TPSA) is 0 Å². The molecule has 0 N–H and O–H groups in total. The van der Waals surface area contributed by atoms with Crippen molar-refractivity contribution >= 4 is 46.4 Å². The van der Waals surface area contributed by atoms with Gasteiger partial charge in [0.2, 0.25) is 0 Å². The average Bonchev–Trinajstić information content (AvgIpc) is 1.94. The Morgan fingerprint density at radius 2 is 1.46 bits per heavy atom. The van der Waals surface area contributed by atoms with Crippen LogP contribution < -0.4 is 0 Å². The number of halogens is 4. The van der Waals surface area contributed by atoms with Crippen LogP contribution in [0.2, 0.25) is 0 Å². The number of hydrogen-bond donors (Lipinski definition) is 0. The average molecular weight is 264 g/mol. The van der Waals surface area contributed by atoms with Crippen molar-refractivity contribution in [2.45, 2.75) is 47.7 Å². The Morgan fingerprint density at radius 1 is 0.846 bits per heavy atom. The molecule has 0 aliphatic heterocycles. The molecule has 0 aromatic rings. The molecule has 0 aromatic heterocycles. The van der Waals surface area contributed by atoms with E-state index in [9.17, 15) is 0 Å². The van der Waals surface area contributed by atoms with Crippen LogP contribution in [0, 0.1) is 5.92 Å². The maximum absolute atomic E-state index is 6.08. The monoisotopic (exact) mass is 262 g/mol. The Balaban J connectivity index is 2.46. The number of rotatable bonds is 0. The standard InChI is InChI=1S/C9H14Cl4/c10-8-4-2-1-3-7(5-6-8)9(11,12)13/h7-8H,1-6H2/t7-,8-/m0/s1. The molecule has 0 heterocycles. The van der Waals surface area contributed by atoms with Crippen LogP contribution in [0.1, 0.15) is 38.5 Å². The SMILES string of the molecule is Cl[C@H]1CCCC[C@H](C(Cl)(Cl)Cl)CC1. The van der Waals surface area contributed by atoms with Gasteiger partial charge in [0.25, 0.3) is 0 Å². The summed E-state index contributed by atoms with van der Waals surface area (Å²) in [7, 11) is 0. The molecule has 1 rings (SSSR count). The lowest BCUT2D eigenvalue weighted by molar-refractivity contribution is 0.385. The van der Waals surface area contributed by atoms with Gasteiger partial charge < -0.3 is 0 Å². The molecule has 0 radical (unpaired) electrons. The van der Waals surface area contributed by atoms with Crippen molar-refractivity contribution in [3.8, 4) is 0 Å². The van der Waals surface area contributed by atoms with Crippen molar-refractivity contribution in [1.29, 1.82) is 0 Å². The van der Waals surface area contributed by atoms with Gasteiger partial charge in [-0.25, -0.2) is 0 Å². The molecule has 0 saturated heterocycles. The van der Waals surface area contributed by atoms with Crippen molar-refractivity contribution in [2.75, 3.05) is 0 Å². The van der Waals surface area contributed by atoms with E-state index >= 15 is 0 Å². The molecule has 78 valence electrons. The molecular formula is C9H14Cl4. The van der Waals surface area contributed by atoms with Crippen LogP contribution in [0.3, 0.4) is 0 Å². The Morgan fingerprint density at radius 3 is 2.08 bits per heavy atom. The summed E-state index contributed by atoms with van der Waals surface area (Å²) in [5.41, 5.74) is 0. The van der Waals surface area contributed by atoms with Gasteiger partial charge in [0, 0.05) is 11.3 Å². The largest absolute Gasteiger partial charge is 0.193 e. The molecule has 4 heteroatoms. The van der Waals surface area contributed by atoms with Gasteiger partial charge in [-0.1, -0.05) is 47.6 Å². The molecule has 0 nitrogen and oxygen atoms in total. The Hall–Kier alpha value is 1.16. The second-order valence-electron chi connectivity index (χ2n) is 3.70. The maximum Gasteiger partial charge on any atom is 0.193 e. The minimum atomic E-state index is -1.10. The van der Waals surface area contributed by atoms with Gasteiger partial charge in [-0.2, -0.15) is 0 Å². The first-order valence-electron chi connectivity index (χ1n) is 4.71. The Kier molecular flexibility index (Phi) is 4.99. The van der Waals surface area contributed by atoms with Gasteiger partial charge in [-0.05, 0) is 25.7 Å². The van der Waals surface area contributed by atoms with Crippen LogP contribution in [-0.4, -0.2) is 9.17 Å². The predicted molar refractivity (Wildman–Crippen MR) is 61.1 cm³/mol. The smallest absolute Gasteiger partial charge is 0.123 e. The summed E-state index contributed by atoms with van der Waals surface area (Å²) in [6.07, 6.45) is 6.31. The zero-order valence-corrected chi connectivity index (χ0v) is 10.4. The van der Waals surface area contributed by atoms with E-state index in [2.05, 4.69) is 0 Å². The molecule has 0 bridgehead atoms. The summed E-state index contributed by atoms with van der Waals surface area (Å²) < 4.78 is -1.10. The van der Waals surface area contributed by atoms with Gasteiger partial charge in [-0.15, -0.1) is 11.6 Å². The van der Waals surface area contributed by atoms with Gasteiger partial charge in [0.05, 0.1) is 0 Å². The lowest BCUT2D eigenvalue weighted by Crippen LogP contribution is -2.22. The molecule has 0 amide bonds. The lowest BCUT2D eigenvalue weighted by Gasteiger charge is -2.27. The van der Waals surface area contributed by atoms with E-state index < -0.39 is 3.79 Å². The fourth-order valence-electron chi connectivity index (χ4n) is 1.75. The fourth-order valence-corrected chi connectivity index (χ4v) is 2.69. The molecule has 13 heavy (non-hydrogen) atoms. The summed E-state index contributed by atoms with van der Waals surface area (Å²) in [5.74, 6) is 0.180. The molecule has 2 atom stereocenters. The minimum absolute atomic E-state index is 0.180. The molecule has 1 fully saturated rings. The Labute approximate surface area is 99.9 Å². The van der Waals surface area contributed by atoms with Crippen LogP contribution in [0.25, 0.3) is 0 Å². The third-order valence-corrected chi connectivity index (χ3v) is 3.97. The Bertz CT molecular complexity index is 152. The summed E-state index contributed by atoms with van der Waals surface area (Å²) >= 11 is 23.7. The van der Waals surface area contributed by atoms with Gasteiger partial charge in [0.15, 0.2) is 3.79 Å². The van der Waals surface area contributed by atoms with E-state index in [1.807, 2.05) is 0 Å². The molecule has 1 aliphatic rings. The van der Waals surface area contributed by atoms with Crippen molar-refractivity contribution in [2.24, 2.45) is 5.92 Å².